The molecule has 338 valence electrons. The van der Waals surface area contributed by atoms with Gasteiger partial charge in [0.05, 0.1) is 25.4 Å². The summed E-state index contributed by atoms with van der Waals surface area (Å²) in [5.41, 5.74) is 0. The zero-order chi connectivity index (χ0) is 42.3. The molecule has 2 atom stereocenters. The number of hydrogen-bond acceptors (Lipinski definition) is 5. The Kier molecular flexibility index (Phi) is 45.7. The number of hydrogen-bond donors (Lipinski definition) is 3. The number of esters is 1. The third kappa shape index (κ3) is 43.4. The first-order valence-corrected chi connectivity index (χ1v) is 24.9. The SMILES string of the molecule is CCC/C=C\C/C=C\CCCCCCCC(=O)OCCCCCCCCCC/C=C\CCCCCCCCCC(=O)NC(CO)C(O)/C=C/CCCCCCCCC. The summed E-state index contributed by atoms with van der Waals surface area (Å²) in [6.45, 7) is 4.77. The number of aliphatic hydroxyl groups is 2. The Morgan fingerprint density at radius 2 is 0.897 bits per heavy atom. The second kappa shape index (κ2) is 47.5. The van der Waals surface area contributed by atoms with Crippen LogP contribution in [0.15, 0.2) is 48.6 Å². The maximum absolute atomic E-state index is 12.4. The molecule has 0 aliphatic rings. The summed E-state index contributed by atoms with van der Waals surface area (Å²) in [5.74, 6) is -0.0959. The van der Waals surface area contributed by atoms with E-state index in [1.807, 2.05) is 6.08 Å². The molecule has 0 aliphatic carbocycles. The Balaban J connectivity index is 3.46. The van der Waals surface area contributed by atoms with Gasteiger partial charge in [0.15, 0.2) is 0 Å². The Labute approximate surface area is 359 Å². The highest BCUT2D eigenvalue weighted by Gasteiger charge is 2.18. The minimum atomic E-state index is -0.849. The molecular weight excluding hydrogens is 719 g/mol. The highest BCUT2D eigenvalue weighted by Crippen LogP contribution is 2.14. The van der Waals surface area contributed by atoms with Gasteiger partial charge in [-0.15, -0.1) is 0 Å². The van der Waals surface area contributed by atoms with E-state index in [2.05, 4.69) is 55.6 Å². The number of unbranched alkanes of at least 4 members (excludes halogenated alkanes) is 28. The van der Waals surface area contributed by atoms with E-state index >= 15 is 0 Å². The van der Waals surface area contributed by atoms with Gasteiger partial charge in [-0.25, -0.2) is 0 Å². The molecule has 0 aromatic heterocycles. The smallest absolute Gasteiger partial charge is 0.305 e. The van der Waals surface area contributed by atoms with E-state index in [-0.39, 0.29) is 18.5 Å². The van der Waals surface area contributed by atoms with E-state index in [9.17, 15) is 19.8 Å². The lowest BCUT2D eigenvalue weighted by Crippen LogP contribution is -2.45. The number of carbonyl (C=O) groups excluding carboxylic acids is 2. The van der Waals surface area contributed by atoms with Crippen molar-refractivity contribution in [3.05, 3.63) is 48.6 Å². The number of nitrogens with one attached hydrogen (secondary N) is 1. The van der Waals surface area contributed by atoms with Gasteiger partial charge in [0.2, 0.25) is 5.91 Å². The van der Waals surface area contributed by atoms with Gasteiger partial charge >= 0.3 is 5.97 Å². The van der Waals surface area contributed by atoms with Crippen LogP contribution in [0.2, 0.25) is 0 Å². The lowest BCUT2D eigenvalue weighted by atomic mass is 10.1. The molecule has 0 spiro atoms. The van der Waals surface area contributed by atoms with Gasteiger partial charge in [0, 0.05) is 12.8 Å². The van der Waals surface area contributed by atoms with Gasteiger partial charge in [-0.1, -0.05) is 197 Å². The normalized spacial score (nSPS) is 13.1. The zero-order valence-corrected chi connectivity index (χ0v) is 38.3. The number of ether oxygens (including phenoxy) is 1. The van der Waals surface area contributed by atoms with Crippen molar-refractivity contribution in [3.63, 3.8) is 0 Å². The fraction of sp³-hybridized carbons (Fsp3) is 0.808. The van der Waals surface area contributed by atoms with Gasteiger partial charge in [0.25, 0.3) is 0 Å². The fourth-order valence-corrected chi connectivity index (χ4v) is 7.19. The van der Waals surface area contributed by atoms with E-state index < -0.39 is 12.1 Å². The third-order valence-corrected chi connectivity index (χ3v) is 11.0. The molecule has 6 heteroatoms. The molecule has 0 aromatic rings. The first-order valence-electron chi connectivity index (χ1n) is 24.9. The van der Waals surface area contributed by atoms with Crippen molar-refractivity contribution < 1.29 is 24.5 Å². The van der Waals surface area contributed by atoms with Crippen LogP contribution in [-0.2, 0) is 14.3 Å². The molecule has 0 rings (SSSR count). The first-order chi connectivity index (χ1) is 28.5. The quantitative estimate of drug-likeness (QED) is 0.0323. The summed E-state index contributed by atoms with van der Waals surface area (Å²) in [4.78, 5) is 24.3. The predicted octanol–water partition coefficient (Wildman–Crippen LogP) is 14.7. The van der Waals surface area contributed by atoms with Crippen molar-refractivity contribution in [2.45, 2.75) is 257 Å². The Hall–Kier alpha value is -2.18. The van der Waals surface area contributed by atoms with Crippen LogP contribution in [0.25, 0.3) is 0 Å². The number of amides is 1. The van der Waals surface area contributed by atoms with Crippen molar-refractivity contribution in [3.8, 4) is 0 Å². The van der Waals surface area contributed by atoms with Crippen molar-refractivity contribution >= 4 is 11.9 Å². The summed E-state index contributed by atoms with van der Waals surface area (Å²) < 4.78 is 5.45. The average molecular weight is 814 g/mol. The molecule has 2 unspecified atom stereocenters. The van der Waals surface area contributed by atoms with Gasteiger partial charge in [-0.3, -0.25) is 9.59 Å². The van der Waals surface area contributed by atoms with E-state index in [1.165, 1.54) is 154 Å². The molecule has 0 heterocycles. The number of aliphatic hydroxyl groups excluding tert-OH is 2. The van der Waals surface area contributed by atoms with E-state index in [1.54, 1.807) is 6.08 Å². The molecule has 0 saturated carbocycles. The minimum Gasteiger partial charge on any atom is -0.466 e. The van der Waals surface area contributed by atoms with E-state index in [0.29, 0.717) is 19.4 Å². The topological polar surface area (TPSA) is 95.9 Å². The number of allylic oxidation sites excluding steroid dienone is 7. The molecule has 6 nitrogen and oxygen atoms in total. The van der Waals surface area contributed by atoms with E-state index in [4.69, 9.17) is 4.74 Å². The highest BCUT2D eigenvalue weighted by molar-refractivity contribution is 5.76. The number of rotatable bonds is 45. The summed E-state index contributed by atoms with van der Waals surface area (Å²) in [5, 5.41) is 22.9. The second-order valence-corrected chi connectivity index (χ2v) is 16.8. The van der Waals surface area contributed by atoms with Crippen LogP contribution in [-0.4, -0.2) is 47.4 Å². The van der Waals surface area contributed by atoms with Gasteiger partial charge in [-0.05, 0) is 83.5 Å². The second-order valence-electron chi connectivity index (χ2n) is 16.8. The first kappa shape index (κ1) is 55.8. The van der Waals surface area contributed by atoms with Crippen LogP contribution in [0.4, 0.5) is 0 Å². The highest BCUT2D eigenvalue weighted by atomic mass is 16.5. The van der Waals surface area contributed by atoms with Crippen LogP contribution in [0.3, 0.4) is 0 Å². The van der Waals surface area contributed by atoms with Gasteiger partial charge < -0.3 is 20.3 Å². The number of carbonyl (C=O) groups is 2. The van der Waals surface area contributed by atoms with Crippen LogP contribution < -0.4 is 5.32 Å². The Morgan fingerprint density at radius 1 is 0.483 bits per heavy atom. The fourth-order valence-electron chi connectivity index (χ4n) is 7.19. The molecule has 3 N–H and O–H groups in total. The van der Waals surface area contributed by atoms with Crippen molar-refractivity contribution in [1.29, 1.82) is 0 Å². The Morgan fingerprint density at radius 3 is 1.40 bits per heavy atom. The summed E-state index contributed by atoms with van der Waals surface area (Å²) >= 11 is 0. The largest absolute Gasteiger partial charge is 0.466 e. The van der Waals surface area contributed by atoms with Gasteiger partial charge in [0.1, 0.15) is 0 Å². The maximum Gasteiger partial charge on any atom is 0.305 e. The molecule has 1 amide bonds. The summed E-state index contributed by atoms with van der Waals surface area (Å²) in [6, 6.07) is -0.633. The summed E-state index contributed by atoms with van der Waals surface area (Å²) in [7, 11) is 0. The molecule has 0 radical (unpaired) electrons. The average Bonchev–Trinajstić information content (AvgIpc) is 3.22. The molecular formula is C52H95NO5. The predicted molar refractivity (Wildman–Crippen MR) is 250 cm³/mol. The standard InChI is InChI=1S/C52H95NO5/c1-3-5-7-9-11-13-14-22-26-30-34-38-42-46-52(57)58-47-43-39-35-31-27-24-21-19-17-15-16-18-20-23-25-29-33-37-41-45-51(56)53-49(48-54)50(55)44-40-36-32-28-12-10-8-6-4-2/h7,9,13-16,40,44,49-50,54-55H,3-6,8,10-12,17-39,41-43,45-48H2,1-2H3,(H,53,56)/b9-7-,14-13-,16-15-,44-40+. The van der Waals surface area contributed by atoms with E-state index in [0.717, 1.165) is 64.2 Å². The van der Waals surface area contributed by atoms with Crippen molar-refractivity contribution in [2.75, 3.05) is 13.2 Å². The maximum atomic E-state index is 12.4. The lowest BCUT2D eigenvalue weighted by Gasteiger charge is -2.20. The molecule has 0 saturated heterocycles. The molecule has 58 heavy (non-hydrogen) atoms. The van der Waals surface area contributed by atoms with Crippen LogP contribution >= 0.6 is 0 Å². The molecule has 0 aliphatic heterocycles. The monoisotopic (exact) mass is 814 g/mol. The minimum absolute atomic E-state index is 0.0135. The van der Waals surface area contributed by atoms with Crippen LogP contribution in [0.5, 0.6) is 0 Å². The van der Waals surface area contributed by atoms with Crippen LogP contribution in [0, 0.1) is 0 Å². The summed E-state index contributed by atoms with van der Waals surface area (Å²) in [6.07, 6.45) is 58.3. The molecule has 0 bridgehead atoms. The van der Waals surface area contributed by atoms with Gasteiger partial charge in [-0.2, -0.15) is 0 Å². The molecule has 0 aromatic carbocycles. The van der Waals surface area contributed by atoms with Crippen LogP contribution in [0.1, 0.15) is 245 Å². The van der Waals surface area contributed by atoms with Crippen molar-refractivity contribution in [1.82, 2.24) is 5.32 Å². The lowest BCUT2D eigenvalue weighted by molar-refractivity contribution is -0.143. The van der Waals surface area contributed by atoms with Crippen molar-refractivity contribution in [2.24, 2.45) is 0 Å². The molecule has 0 fully saturated rings. The Bertz CT molecular complexity index is 988. The zero-order valence-electron chi connectivity index (χ0n) is 38.3. The third-order valence-electron chi connectivity index (χ3n) is 11.0.